The average molecular weight is 299 g/mol. The van der Waals surface area contributed by atoms with Crippen LogP contribution < -0.4 is 5.73 Å². The lowest BCUT2D eigenvalue weighted by atomic mass is 9.99. The fourth-order valence-corrected chi connectivity index (χ4v) is 3.35. The Hall–Kier alpha value is -1.65. The van der Waals surface area contributed by atoms with Gasteiger partial charge >= 0.3 is 0 Å². The van der Waals surface area contributed by atoms with E-state index in [9.17, 15) is 0 Å². The van der Waals surface area contributed by atoms with E-state index in [0.29, 0.717) is 5.13 Å². The highest BCUT2D eigenvalue weighted by Crippen LogP contribution is 2.22. The molecule has 0 radical (unpaired) electrons. The van der Waals surface area contributed by atoms with E-state index in [1.807, 2.05) is 0 Å². The van der Waals surface area contributed by atoms with Crippen LogP contribution in [-0.2, 0) is 6.42 Å². The van der Waals surface area contributed by atoms with Gasteiger partial charge in [-0.3, -0.25) is 4.90 Å². The maximum atomic E-state index is 5.65. The lowest BCUT2D eigenvalue weighted by molar-refractivity contribution is 0.298. The smallest absolute Gasteiger partial charge is 0.180 e. The van der Waals surface area contributed by atoms with Gasteiger partial charge in [-0.2, -0.15) is 0 Å². The van der Waals surface area contributed by atoms with Crippen molar-refractivity contribution in [1.82, 2.24) is 9.88 Å². The Morgan fingerprint density at radius 2 is 2.10 bits per heavy atom. The number of anilines is 1. The van der Waals surface area contributed by atoms with Crippen molar-refractivity contribution in [1.29, 1.82) is 0 Å². The summed E-state index contributed by atoms with van der Waals surface area (Å²) in [7, 11) is 0. The molecule has 0 atom stereocenters. The third-order valence-corrected chi connectivity index (χ3v) is 4.64. The summed E-state index contributed by atoms with van der Waals surface area (Å²) < 4.78 is 0. The van der Waals surface area contributed by atoms with Crippen LogP contribution in [0.1, 0.15) is 24.1 Å². The van der Waals surface area contributed by atoms with Gasteiger partial charge in [-0.25, -0.2) is 4.98 Å². The van der Waals surface area contributed by atoms with Gasteiger partial charge < -0.3 is 5.73 Å². The minimum Gasteiger partial charge on any atom is -0.375 e. The van der Waals surface area contributed by atoms with E-state index in [0.717, 1.165) is 44.6 Å². The van der Waals surface area contributed by atoms with Crippen molar-refractivity contribution in [2.24, 2.45) is 0 Å². The van der Waals surface area contributed by atoms with Crippen LogP contribution in [0.25, 0.3) is 5.57 Å². The highest BCUT2D eigenvalue weighted by molar-refractivity contribution is 7.13. The van der Waals surface area contributed by atoms with E-state index < -0.39 is 0 Å². The van der Waals surface area contributed by atoms with Gasteiger partial charge in [0.2, 0.25) is 0 Å². The predicted molar refractivity (Wildman–Crippen MR) is 90.3 cm³/mol. The Kier molecular flexibility index (Phi) is 4.68. The molecule has 2 aromatic rings. The Labute approximate surface area is 130 Å². The largest absolute Gasteiger partial charge is 0.375 e. The van der Waals surface area contributed by atoms with E-state index in [4.69, 9.17) is 5.73 Å². The fourth-order valence-electron chi connectivity index (χ4n) is 2.75. The molecule has 110 valence electrons. The SMILES string of the molecule is Nc1nc(CCCN2CC=C(c3ccccc3)CC2)cs1. The molecule has 21 heavy (non-hydrogen) atoms. The highest BCUT2D eigenvalue weighted by Gasteiger charge is 2.12. The molecule has 1 aliphatic heterocycles. The maximum absolute atomic E-state index is 5.65. The molecule has 0 aliphatic carbocycles. The van der Waals surface area contributed by atoms with Crippen molar-refractivity contribution < 1.29 is 0 Å². The standard InChI is InChI=1S/C17H21N3S/c18-17-19-16(13-21-17)7-4-10-20-11-8-15(9-12-20)14-5-2-1-3-6-14/h1-3,5-6,8,13H,4,7,9-12H2,(H2,18,19). The number of aromatic nitrogens is 1. The maximum Gasteiger partial charge on any atom is 0.180 e. The highest BCUT2D eigenvalue weighted by atomic mass is 32.1. The first kappa shape index (κ1) is 14.3. The number of nitrogens with zero attached hydrogens (tertiary/aromatic N) is 2. The Bertz CT molecular complexity index is 604. The predicted octanol–water partition coefficient (Wildman–Crippen LogP) is 3.45. The summed E-state index contributed by atoms with van der Waals surface area (Å²) in [4.78, 5) is 6.83. The number of nitrogens with two attached hydrogens (primary N) is 1. The van der Waals surface area contributed by atoms with Gasteiger partial charge in [0.1, 0.15) is 0 Å². The van der Waals surface area contributed by atoms with Crippen molar-refractivity contribution in [3.8, 4) is 0 Å². The summed E-state index contributed by atoms with van der Waals surface area (Å²) in [6.07, 6.45) is 5.70. The van der Waals surface area contributed by atoms with E-state index in [1.165, 1.54) is 22.5 Å². The van der Waals surface area contributed by atoms with Crippen molar-refractivity contribution in [2.45, 2.75) is 19.3 Å². The minimum absolute atomic E-state index is 0.679. The number of hydrogen-bond acceptors (Lipinski definition) is 4. The van der Waals surface area contributed by atoms with Gasteiger partial charge in [-0.1, -0.05) is 36.4 Å². The zero-order chi connectivity index (χ0) is 14.5. The second-order valence-electron chi connectivity index (χ2n) is 5.43. The van der Waals surface area contributed by atoms with Gasteiger partial charge in [0.05, 0.1) is 5.69 Å². The van der Waals surface area contributed by atoms with Crippen molar-refractivity contribution in [3.63, 3.8) is 0 Å². The molecule has 2 N–H and O–H groups in total. The first-order chi connectivity index (χ1) is 10.3. The lowest BCUT2D eigenvalue weighted by Crippen LogP contribution is -2.29. The van der Waals surface area contributed by atoms with Gasteiger partial charge in [0.25, 0.3) is 0 Å². The van der Waals surface area contributed by atoms with Gasteiger partial charge in [-0.15, -0.1) is 11.3 Å². The first-order valence-corrected chi connectivity index (χ1v) is 8.36. The lowest BCUT2D eigenvalue weighted by Gasteiger charge is -2.26. The van der Waals surface area contributed by atoms with Gasteiger partial charge in [0, 0.05) is 18.5 Å². The summed E-state index contributed by atoms with van der Waals surface area (Å²) in [5, 5.41) is 2.75. The molecule has 0 unspecified atom stereocenters. The topological polar surface area (TPSA) is 42.1 Å². The van der Waals surface area contributed by atoms with E-state index in [2.05, 4.69) is 51.7 Å². The molecule has 0 spiro atoms. The summed E-state index contributed by atoms with van der Waals surface area (Å²) in [6.45, 7) is 3.35. The van der Waals surface area contributed by atoms with Crippen LogP contribution >= 0.6 is 11.3 Å². The van der Waals surface area contributed by atoms with Crippen LogP contribution in [0.3, 0.4) is 0 Å². The van der Waals surface area contributed by atoms with E-state index in [1.54, 1.807) is 0 Å². The summed E-state index contributed by atoms with van der Waals surface area (Å²) in [5.74, 6) is 0. The molecule has 2 heterocycles. The Balaban J connectivity index is 1.46. The van der Waals surface area contributed by atoms with E-state index in [-0.39, 0.29) is 0 Å². The van der Waals surface area contributed by atoms with Crippen LogP contribution in [0, 0.1) is 0 Å². The summed E-state index contributed by atoms with van der Waals surface area (Å²) in [5.41, 5.74) is 9.64. The van der Waals surface area contributed by atoms with E-state index >= 15 is 0 Å². The molecule has 0 amide bonds. The fraction of sp³-hybridized carbons (Fsp3) is 0.353. The van der Waals surface area contributed by atoms with Crippen LogP contribution in [0.2, 0.25) is 0 Å². The molecule has 0 fully saturated rings. The normalized spacial score (nSPS) is 15.9. The van der Waals surface area contributed by atoms with Crippen molar-refractivity contribution >= 4 is 22.0 Å². The number of nitrogen functional groups attached to an aromatic ring is 1. The molecule has 0 saturated carbocycles. The number of aryl methyl sites for hydroxylation is 1. The second kappa shape index (κ2) is 6.87. The minimum atomic E-state index is 0.679. The molecular formula is C17H21N3S. The van der Waals surface area contributed by atoms with Crippen molar-refractivity contribution in [2.75, 3.05) is 25.4 Å². The van der Waals surface area contributed by atoms with Crippen LogP contribution in [0.5, 0.6) is 0 Å². The number of benzene rings is 1. The van der Waals surface area contributed by atoms with Crippen LogP contribution in [-0.4, -0.2) is 29.5 Å². The third-order valence-electron chi connectivity index (χ3n) is 3.91. The van der Waals surface area contributed by atoms with Gasteiger partial charge in [-0.05, 0) is 36.9 Å². The van der Waals surface area contributed by atoms with Crippen LogP contribution in [0.4, 0.5) is 5.13 Å². The molecule has 1 aromatic carbocycles. The molecular weight excluding hydrogens is 278 g/mol. The summed E-state index contributed by atoms with van der Waals surface area (Å²) >= 11 is 1.53. The quantitative estimate of drug-likeness (QED) is 0.919. The summed E-state index contributed by atoms with van der Waals surface area (Å²) in [6, 6.07) is 10.7. The Morgan fingerprint density at radius 3 is 2.76 bits per heavy atom. The zero-order valence-corrected chi connectivity index (χ0v) is 13.0. The second-order valence-corrected chi connectivity index (χ2v) is 6.32. The molecule has 0 bridgehead atoms. The number of rotatable bonds is 5. The number of thiazole rings is 1. The molecule has 1 aliphatic rings. The van der Waals surface area contributed by atoms with Crippen molar-refractivity contribution in [3.05, 3.63) is 53.0 Å². The van der Waals surface area contributed by atoms with Gasteiger partial charge in [0.15, 0.2) is 5.13 Å². The molecule has 3 nitrogen and oxygen atoms in total. The van der Waals surface area contributed by atoms with Crippen LogP contribution in [0.15, 0.2) is 41.8 Å². The molecule has 1 aromatic heterocycles. The third kappa shape index (κ3) is 3.93. The molecule has 3 rings (SSSR count). The number of hydrogen-bond donors (Lipinski definition) is 1. The monoisotopic (exact) mass is 299 g/mol. The Morgan fingerprint density at radius 1 is 1.24 bits per heavy atom. The first-order valence-electron chi connectivity index (χ1n) is 7.48. The average Bonchev–Trinajstić information content (AvgIpc) is 2.94. The molecule has 4 heteroatoms. The zero-order valence-electron chi connectivity index (χ0n) is 12.2. The molecule has 0 saturated heterocycles.